The number of aliphatic hydroxyl groups is 3. The van der Waals surface area contributed by atoms with Crippen molar-refractivity contribution in [2.75, 3.05) is 13.2 Å². The number of unbranched alkanes of at least 4 members (excludes halogenated alkanes) is 2. The van der Waals surface area contributed by atoms with E-state index in [4.69, 9.17) is 14.6 Å². The fourth-order valence-electron chi connectivity index (χ4n) is 2.48. The number of benzene rings is 1. The second-order valence-corrected chi connectivity index (χ2v) is 6.16. The predicted molar refractivity (Wildman–Crippen MR) is 93.7 cm³/mol. The standard InChI is InChI=1S/C19H24O8/c20-14(18-16(22)17(23)19(24)27-18)12-26-15(21)9-5-2-6-10-25-11-13-7-3-1-4-8-13/h1,3-4,7-8,14,18,20,22-23H,2,5-6,9-12H2/t14-,18+/m0/s1. The maximum absolute atomic E-state index is 11.7. The van der Waals surface area contributed by atoms with Gasteiger partial charge in [-0.25, -0.2) is 4.79 Å². The summed E-state index contributed by atoms with van der Waals surface area (Å²) < 4.78 is 15.0. The molecule has 0 saturated heterocycles. The summed E-state index contributed by atoms with van der Waals surface area (Å²) in [5.41, 5.74) is 1.11. The third-order valence-corrected chi connectivity index (χ3v) is 3.99. The molecular weight excluding hydrogens is 356 g/mol. The van der Waals surface area contributed by atoms with Crippen LogP contribution < -0.4 is 0 Å². The van der Waals surface area contributed by atoms with Crippen LogP contribution in [0.5, 0.6) is 0 Å². The SMILES string of the molecule is O=C(CCCCCOCc1ccccc1)OC[C@H](O)[C@H]1OC(=O)C(O)=C1O. The highest BCUT2D eigenvalue weighted by atomic mass is 16.6. The van der Waals surface area contributed by atoms with E-state index in [2.05, 4.69) is 4.74 Å². The van der Waals surface area contributed by atoms with Gasteiger partial charge in [-0.05, 0) is 18.4 Å². The summed E-state index contributed by atoms with van der Waals surface area (Å²) in [6, 6.07) is 9.85. The van der Waals surface area contributed by atoms with Crippen LogP contribution in [0.4, 0.5) is 0 Å². The molecule has 0 bridgehead atoms. The van der Waals surface area contributed by atoms with Gasteiger partial charge in [0.1, 0.15) is 12.7 Å². The van der Waals surface area contributed by atoms with Crippen molar-refractivity contribution < 1.29 is 39.1 Å². The molecule has 148 valence electrons. The van der Waals surface area contributed by atoms with Crippen LogP contribution in [-0.4, -0.2) is 52.7 Å². The lowest BCUT2D eigenvalue weighted by atomic mass is 10.2. The zero-order valence-corrected chi connectivity index (χ0v) is 14.9. The summed E-state index contributed by atoms with van der Waals surface area (Å²) in [5, 5.41) is 28.4. The second kappa shape index (κ2) is 10.5. The number of carbonyl (C=O) groups excluding carboxylic acids is 2. The molecule has 2 atom stereocenters. The Morgan fingerprint density at radius 2 is 1.89 bits per heavy atom. The molecule has 1 aliphatic rings. The van der Waals surface area contributed by atoms with Crippen LogP contribution in [0.3, 0.4) is 0 Å². The minimum Gasteiger partial charge on any atom is -0.505 e. The van der Waals surface area contributed by atoms with Crippen molar-refractivity contribution in [2.45, 2.75) is 44.5 Å². The number of esters is 2. The molecule has 0 aromatic heterocycles. The number of hydrogen-bond donors (Lipinski definition) is 3. The fourth-order valence-corrected chi connectivity index (χ4v) is 2.48. The topological polar surface area (TPSA) is 123 Å². The first kappa shape index (κ1) is 20.7. The Balaban J connectivity index is 1.51. The van der Waals surface area contributed by atoms with Crippen LogP contribution in [0, 0.1) is 0 Å². The van der Waals surface area contributed by atoms with Crippen molar-refractivity contribution in [1.29, 1.82) is 0 Å². The van der Waals surface area contributed by atoms with Crippen LogP contribution >= 0.6 is 0 Å². The van der Waals surface area contributed by atoms with Gasteiger partial charge in [0.05, 0.1) is 6.61 Å². The fraction of sp³-hybridized carbons (Fsp3) is 0.474. The number of cyclic esters (lactones) is 1. The molecule has 0 aliphatic carbocycles. The second-order valence-electron chi connectivity index (χ2n) is 6.16. The number of rotatable bonds is 11. The highest BCUT2D eigenvalue weighted by molar-refractivity contribution is 5.89. The smallest absolute Gasteiger partial charge is 0.377 e. The van der Waals surface area contributed by atoms with E-state index in [0.717, 1.165) is 18.4 Å². The molecule has 1 heterocycles. The third kappa shape index (κ3) is 6.58. The molecule has 0 unspecified atom stereocenters. The molecule has 0 fully saturated rings. The lowest BCUT2D eigenvalue weighted by molar-refractivity contribution is -0.154. The highest BCUT2D eigenvalue weighted by Gasteiger charge is 2.39. The molecule has 1 aromatic rings. The Morgan fingerprint density at radius 3 is 2.56 bits per heavy atom. The Bertz CT molecular complexity index is 655. The van der Waals surface area contributed by atoms with Crippen molar-refractivity contribution in [3.63, 3.8) is 0 Å². The molecule has 2 rings (SSSR count). The molecule has 1 aliphatic heterocycles. The minimum absolute atomic E-state index is 0.183. The molecule has 27 heavy (non-hydrogen) atoms. The zero-order valence-electron chi connectivity index (χ0n) is 14.9. The summed E-state index contributed by atoms with van der Waals surface area (Å²) in [4.78, 5) is 22.7. The van der Waals surface area contributed by atoms with E-state index in [1.165, 1.54) is 0 Å². The van der Waals surface area contributed by atoms with Gasteiger partial charge in [-0.2, -0.15) is 0 Å². The molecule has 0 spiro atoms. The van der Waals surface area contributed by atoms with Gasteiger partial charge in [-0.1, -0.05) is 36.8 Å². The zero-order chi connectivity index (χ0) is 19.6. The molecule has 8 heteroatoms. The summed E-state index contributed by atoms with van der Waals surface area (Å²) in [6.45, 7) is 0.711. The molecular formula is C19H24O8. The van der Waals surface area contributed by atoms with Crippen LogP contribution in [0.15, 0.2) is 41.9 Å². The molecule has 0 saturated carbocycles. The number of carbonyl (C=O) groups is 2. The predicted octanol–water partition coefficient (Wildman–Crippen LogP) is 1.92. The van der Waals surface area contributed by atoms with Gasteiger partial charge in [-0.15, -0.1) is 0 Å². The maximum Gasteiger partial charge on any atom is 0.377 e. The van der Waals surface area contributed by atoms with Gasteiger partial charge in [0.15, 0.2) is 11.9 Å². The minimum atomic E-state index is -1.45. The van der Waals surface area contributed by atoms with Crippen molar-refractivity contribution in [1.82, 2.24) is 0 Å². The number of hydrogen-bond acceptors (Lipinski definition) is 8. The van der Waals surface area contributed by atoms with Gasteiger partial charge in [-0.3, -0.25) is 4.79 Å². The quantitative estimate of drug-likeness (QED) is 0.393. The molecule has 8 nitrogen and oxygen atoms in total. The molecule has 0 radical (unpaired) electrons. The summed E-state index contributed by atoms with van der Waals surface area (Å²) >= 11 is 0. The Kier molecular flexibility index (Phi) is 8.09. The van der Waals surface area contributed by atoms with Crippen molar-refractivity contribution >= 4 is 11.9 Å². The van der Waals surface area contributed by atoms with E-state index in [0.29, 0.717) is 19.6 Å². The number of ether oxygens (including phenoxy) is 3. The number of aliphatic hydroxyl groups excluding tert-OH is 3. The summed E-state index contributed by atoms with van der Waals surface area (Å²) in [5.74, 6) is -3.34. The molecule has 1 aromatic carbocycles. The first-order chi connectivity index (χ1) is 13.0. The van der Waals surface area contributed by atoms with Crippen LogP contribution in [0.1, 0.15) is 31.2 Å². The lowest BCUT2D eigenvalue weighted by Crippen LogP contribution is -2.33. The van der Waals surface area contributed by atoms with Gasteiger partial charge in [0.2, 0.25) is 5.76 Å². The van der Waals surface area contributed by atoms with Crippen LogP contribution in [0.2, 0.25) is 0 Å². The molecule has 0 amide bonds. The average Bonchev–Trinajstić information content (AvgIpc) is 2.93. The highest BCUT2D eigenvalue weighted by Crippen LogP contribution is 2.21. The first-order valence-electron chi connectivity index (χ1n) is 8.77. The van der Waals surface area contributed by atoms with Crippen LogP contribution in [0.25, 0.3) is 0 Å². The van der Waals surface area contributed by atoms with E-state index in [9.17, 15) is 19.8 Å². The summed E-state index contributed by atoms with van der Waals surface area (Å²) in [7, 11) is 0. The van der Waals surface area contributed by atoms with E-state index in [1.807, 2.05) is 30.3 Å². The normalized spacial score (nSPS) is 17.7. The third-order valence-electron chi connectivity index (χ3n) is 3.99. The average molecular weight is 380 g/mol. The first-order valence-corrected chi connectivity index (χ1v) is 8.77. The van der Waals surface area contributed by atoms with E-state index < -0.39 is 42.3 Å². The van der Waals surface area contributed by atoms with Crippen molar-refractivity contribution in [2.24, 2.45) is 0 Å². The summed E-state index contributed by atoms with van der Waals surface area (Å²) in [6.07, 6.45) is -0.458. The van der Waals surface area contributed by atoms with Crippen molar-refractivity contribution in [3.05, 3.63) is 47.4 Å². The van der Waals surface area contributed by atoms with Gasteiger partial charge in [0.25, 0.3) is 0 Å². The van der Waals surface area contributed by atoms with Crippen LogP contribution in [-0.2, 0) is 30.4 Å². The van der Waals surface area contributed by atoms with Gasteiger partial charge < -0.3 is 29.5 Å². The van der Waals surface area contributed by atoms with E-state index in [-0.39, 0.29) is 6.42 Å². The largest absolute Gasteiger partial charge is 0.505 e. The van der Waals surface area contributed by atoms with Gasteiger partial charge in [0, 0.05) is 13.0 Å². The Hall–Kier alpha value is -2.58. The maximum atomic E-state index is 11.7. The van der Waals surface area contributed by atoms with E-state index >= 15 is 0 Å². The monoisotopic (exact) mass is 380 g/mol. The Labute approximate surface area is 157 Å². The Morgan fingerprint density at radius 1 is 1.15 bits per heavy atom. The van der Waals surface area contributed by atoms with Crippen molar-refractivity contribution in [3.8, 4) is 0 Å². The molecule has 3 N–H and O–H groups in total. The van der Waals surface area contributed by atoms with E-state index in [1.54, 1.807) is 0 Å². The van der Waals surface area contributed by atoms with Gasteiger partial charge >= 0.3 is 11.9 Å². The lowest BCUT2D eigenvalue weighted by Gasteiger charge is -2.17.